The molecule has 1 aromatic heterocycles. The number of rotatable bonds is 4. The van der Waals surface area contributed by atoms with E-state index in [4.69, 9.17) is 4.42 Å². The molecule has 0 N–H and O–H groups in total. The molecule has 1 aliphatic heterocycles. The first-order valence-corrected chi connectivity index (χ1v) is 8.35. The molecule has 0 radical (unpaired) electrons. The average molecular weight is 343 g/mol. The smallest absolute Gasteiger partial charge is 0.279 e. The highest BCUT2D eigenvalue weighted by atomic mass is 16.3. The lowest BCUT2D eigenvalue weighted by atomic mass is 10.1. The third kappa shape index (κ3) is 3.07. The third-order valence-electron chi connectivity index (χ3n) is 4.19. The van der Waals surface area contributed by atoms with E-state index in [0.717, 1.165) is 22.6 Å². The van der Waals surface area contributed by atoms with Gasteiger partial charge in [-0.2, -0.15) is 5.10 Å². The summed E-state index contributed by atoms with van der Waals surface area (Å²) in [4.78, 5) is 14.6. The molecule has 0 atom stereocenters. The van der Waals surface area contributed by atoms with Crippen molar-refractivity contribution in [2.45, 2.75) is 13.5 Å². The standard InChI is InChI=1S/C21H17N3O2/c1-15-11-12-17(26-15)13-22-23-20-18-9-5-6-10-19(18)24(21(20)25)14-16-7-3-2-4-8-16/h2-13H,14H2,1H3/b22-13-,23-20+. The van der Waals surface area contributed by atoms with Gasteiger partial charge in [0.2, 0.25) is 0 Å². The van der Waals surface area contributed by atoms with Gasteiger partial charge >= 0.3 is 0 Å². The largest absolute Gasteiger partial charge is 0.460 e. The van der Waals surface area contributed by atoms with Crippen molar-refractivity contribution < 1.29 is 9.21 Å². The zero-order chi connectivity index (χ0) is 17.9. The van der Waals surface area contributed by atoms with Gasteiger partial charge in [-0.3, -0.25) is 4.79 Å². The Morgan fingerprint density at radius 1 is 1.00 bits per heavy atom. The number of fused-ring (bicyclic) bond motifs is 1. The first-order chi connectivity index (χ1) is 12.7. The Labute approximate surface area is 151 Å². The number of benzene rings is 2. The van der Waals surface area contributed by atoms with Crippen molar-refractivity contribution in [3.8, 4) is 0 Å². The molecule has 2 heterocycles. The minimum atomic E-state index is -0.150. The molecule has 128 valence electrons. The van der Waals surface area contributed by atoms with Crippen LogP contribution < -0.4 is 4.90 Å². The van der Waals surface area contributed by atoms with Crippen LogP contribution in [-0.2, 0) is 11.3 Å². The molecule has 26 heavy (non-hydrogen) atoms. The number of hydrogen-bond acceptors (Lipinski definition) is 4. The highest BCUT2D eigenvalue weighted by molar-refractivity contribution is 6.54. The molecular weight excluding hydrogens is 326 g/mol. The van der Waals surface area contributed by atoms with E-state index in [-0.39, 0.29) is 5.91 Å². The van der Waals surface area contributed by atoms with Gasteiger partial charge in [-0.05, 0) is 30.7 Å². The molecule has 0 saturated carbocycles. The summed E-state index contributed by atoms with van der Waals surface area (Å²) < 4.78 is 5.43. The van der Waals surface area contributed by atoms with E-state index in [2.05, 4.69) is 10.2 Å². The zero-order valence-electron chi connectivity index (χ0n) is 14.3. The third-order valence-corrected chi connectivity index (χ3v) is 4.19. The molecule has 2 aromatic carbocycles. The molecule has 0 aliphatic carbocycles. The van der Waals surface area contributed by atoms with Crippen molar-refractivity contribution >= 4 is 23.5 Å². The van der Waals surface area contributed by atoms with E-state index >= 15 is 0 Å². The van der Waals surface area contributed by atoms with Crippen molar-refractivity contribution in [1.82, 2.24) is 0 Å². The van der Waals surface area contributed by atoms with E-state index in [9.17, 15) is 4.79 Å². The fourth-order valence-electron chi connectivity index (χ4n) is 2.95. The maximum atomic E-state index is 12.9. The van der Waals surface area contributed by atoms with Gasteiger partial charge in [0.25, 0.3) is 5.91 Å². The fraction of sp³-hybridized carbons (Fsp3) is 0.0952. The number of para-hydroxylation sites is 1. The van der Waals surface area contributed by atoms with Crippen LogP contribution in [0.3, 0.4) is 0 Å². The zero-order valence-corrected chi connectivity index (χ0v) is 14.3. The summed E-state index contributed by atoms with van der Waals surface area (Å²) in [6.07, 6.45) is 1.51. The van der Waals surface area contributed by atoms with Gasteiger partial charge in [0.05, 0.1) is 18.4 Å². The summed E-state index contributed by atoms with van der Waals surface area (Å²) in [6.45, 7) is 2.36. The molecule has 0 fully saturated rings. The fourth-order valence-corrected chi connectivity index (χ4v) is 2.95. The maximum Gasteiger partial charge on any atom is 0.279 e. The molecule has 3 aromatic rings. The average Bonchev–Trinajstić information content (AvgIpc) is 3.19. The minimum Gasteiger partial charge on any atom is -0.460 e. The summed E-state index contributed by atoms with van der Waals surface area (Å²) in [5, 5.41) is 8.23. The van der Waals surface area contributed by atoms with Gasteiger partial charge < -0.3 is 9.32 Å². The Morgan fingerprint density at radius 3 is 2.54 bits per heavy atom. The number of aryl methyl sites for hydroxylation is 1. The Hall–Kier alpha value is -3.47. The lowest BCUT2D eigenvalue weighted by Gasteiger charge is -2.16. The van der Waals surface area contributed by atoms with Gasteiger partial charge in [0.1, 0.15) is 11.5 Å². The highest BCUT2D eigenvalue weighted by Crippen LogP contribution is 2.30. The number of carbonyl (C=O) groups is 1. The maximum absolute atomic E-state index is 12.9. The lowest BCUT2D eigenvalue weighted by molar-refractivity contribution is -0.112. The quantitative estimate of drug-likeness (QED) is 0.532. The van der Waals surface area contributed by atoms with Crippen molar-refractivity contribution in [3.63, 3.8) is 0 Å². The first kappa shape index (κ1) is 16.0. The molecular formula is C21H17N3O2. The monoisotopic (exact) mass is 343 g/mol. The summed E-state index contributed by atoms with van der Waals surface area (Å²) in [6, 6.07) is 21.2. The Kier molecular flexibility index (Phi) is 4.19. The number of anilines is 1. The van der Waals surface area contributed by atoms with Crippen LogP contribution in [0, 0.1) is 6.92 Å². The summed E-state index contributed by atoms with van der Waals surface area (Å²) in [5.74, 6) is 1.25. The van der Waals surface area contributed by atoms with Gasteiger partial charge in [-0.1, -0.05) is 48.5 Å². The van der Waals surface area contributed by atoms with E-state index in [0.29, 0.717) is 18.0 Å². The van der Waals surface area contributed by atoms with Crippen molar-refractivity contribution in [1.29, 1.82) is 0 Å². The molecule has 0 spiro atoms. The SMILES string of the molecule is Cc1ccc(/C=N\N=C2\C(=O)N(Cc3ccccc3)c3ccccc32)o1. The predicted molar refractivity (Wildman–Crippen MR) is 102 cm³/mol. The molecule has 1 amide bonds. The van der Waals surface area contributed by atoms with E-state index < -0.39 is 0 Å². The summed E-state index contributed by atoms with van der Waals surface area (Å²) >= 11 is 0. The second kappa shape index (κ2) is 6.80. The van der Waals surface area contributed by atoms with E-state index in [1.54, 1.807) is 4.90 Å². The Morgan fingerprint density at radius 2 is 1.77 bits per heavy atom. The Balaban J connectivity index is 1.65. The van der Waals surface area contributed by atoms with Crippen LogP contribution in [0.15, 0.2) is 81.4 Å². The molecule has 4 rings (SSSR count). The number of hydrogen-bond donors (Lipinski definition) is 0. The molecule has 0 unspecified atom stereocenters. The van der Waals surface area contributed by atoms with Crippen LogP contribution in [0.25, 0.3) is 0 Å². The molecule has 0 bridgehead atoms. The Bertz CT molecular complexity index is 1000. The number of amides is 1. The number of furan rings is 1. The van der Waals surface area contributed by atoms with Gasteiger partial charge in [-0.25, -0.2) is 0 Å². The van der Waals surface area contributed by atoms with Crippen LogP contribution in [0.5, 0.6) is 0 Å². The van der Waals surface area contributed by atoms with Crippen LogP contribution in [0.4, 0.5) is 5.69 Å². The van der Waals surface area contributed by atoms with Gasteiger partial charge in [0, 0.05) is 5.56 Å². The normalized spacial score (nSPS) is 15.2. The first-order valence-electron chi connectivity index (χ1n) is 8.35. The molecule has 5 heteroatoms. The van der Waals surface area contributed by atoms with Crippen LogP contribution >= 0.6 is 0 Å². The molecule has 5 nitrogen and oxygen atoms in total. The second-order valence-corrected chi connectivity index (χ2v) is 6.04. The van der Waals surface area contributed by atoms with Crippen molar-refractivity contribution in [2.24, 2.45) is 10.2 Å². The van der Waals surface area contributed by atoms with Gasteiger partial charge in [-0.15, -0.1) is 5.10 Å². The van der Waals surface area contributed by atoms with E-state index in [1.165, 1.54) is 6.21 Å². The van der Waals surface area contributed by atoms with Crippen LogP contribution in [0.2, 0.25) is 0 Å². The van der Waals surface area contributed by atoms with Crippen LogP contribution in [0.1, 0.15) is 22.6 Å². The predicted octanol–water partition coefficient (Wildman–Crippen LogP) is 3.96. The summed E-state index contributed by atoms with van der Waals surface area (Å²) in [7, 11) is 0. The molecule has 0 saturated heterocycles. The topological polar surface area (TPSA) is 58.2 Å². The van der Waals surface area contributed by atoms with Crippen molar-refractivity contribution in [3.05, 3.63) is 89.4 Å². The number of carbonyl (C=O) groups excluding carboxylic acids is 1. The van der Waals surface area contributed by atoms with Crippen LogP contribution in [-0.4, -0.2) is 17.8 Å². The minimum absolute atomic E-state index is 0.150. The van der Waals surface area contributed by atoms with Gasteiger partial charge in [0.15, 0.2) is 5.71 Å². The van der Waals surface area contributed by atoms with Crippen molar-refractivity contribution in [2.75, 3.05) is 4.90 Å². The van der Waals surface area contributed by atoms with E-state index in [1.807, 2.05) is 73.7 Å². The highest BCUT2D eigenvalue weighted by Gasteiger charge is 2.33. The molecule has 1 aliphatic rings. The summed E-state index contributed by atoms with van der Waals surface area (Å²) in [5.41, 5.74) is 3.05. The number of nitrogens with zero attached hydrogens (tertiary/aromatic N) is 3. The second-order valence-electron chi connectivity index (χ2n) is 6.04. The lowest BCUT2D eigenvalue weighted by Crippen LogP contribution is -2.29.